The Kier molecular flexibility index (Phi) is 4.38. The Hall–Kier alpha value is -2.18. The fraction of sp³-hybridized carbons (Fsp3) is 0.400. The molecule has 1 heterocycles. The van der Waals surface area contributed by atoms with Gasteiger partial charge in [-0.1, -0.05) is 0 Å². The van der Waals surface area contributed by atoms with Gasteiger partial charge in [-0.05, 0) is 19.9 Å². The molecule has 0 aliphatic rings. The fourth-order valence-electron chi connectivity index (χ4n) is 1.13. The SMILES string of the molecule is CCOC(=O)C(C)Nc1ccc([N+](=O)[O-])cn1. The van der Waals surface area contributed by atoms with E-state index in [0.717, 1.165) is 6.20 Å². The number of carbonyl (C=O) groups excluding carboxylic acids is 1. The van der Waals surface area contributed by atoms with E-state index in [4.69, 9.17) is 4.74 Å². The zero-order valence-corrected chi connectivity index (χ0v) is 9.54. The van der Waals surface area contributed by atoms with E-state index in [1.807, 2.05) is 0 Å². The van der Waals surface area contributed by atoms with Crippen molar-refractivity contribution in [2.45, 2.75) is 19.9 Å². The van der Waals surface area contributed by atoms with Crippen molar-refractivity contribution in [2.24, 2.45) is 0 Å². The molecule has 1 N–H and O–H groups in total. The molecule has 0 spiro atoms. The van der Waals surface area contributed by atoms with Crippen molar-refractivity contribution in [3.63, 3.8) is 0 Å². The molecule has 1 aromatic rings. The Morgan fingerprint density at radius 3 is 2.82 bits per heavy atom. The Bertz CT molecular complexity index is 405. The van der Waals surface area contributed by atoms with Crippen LogP contribution in [0.5, 0.6) is 0 Å². The molecule has 0 saturated carbocycles. The molecule has 0 radical (unpaired) electrons. The molecule has 0 fully saturated rings. The van der Waals surface area contributed by atoms with Crippen LogP contribution in [0, 0.1) is 10.1 Å². The third-order valence-corrected chi connectivity index (χ3v) is 1.96. The van der Waals surface area contributed by atoms with Crippen LogP contribution in [-0.2, 0) is 9.53 Å². The molecule has 7 nitrogen and oxygen atoms in total. The standard InChI is InChI=1S/C10H13N3O4/c1-3-17-10(14)7(2)12-9-5-4-8(6-11-9)13(15)16/h4-7H,3H2,1-2H3,(H,11,12). The first kappa shape index (κ1) is 12.9. The smallest absolute Gasteiger partial charge is 0.328 e. The van der Waals surface area contributed by atoms with Gasteiger partial charge >= 0.3 is 5.97 Å². The first-order chi connectivity index (χ1) is 8.04. The normalized spacial score (nSPS) is 11.6. The number of hydrogen-bond acceptors (Lipinski definition) is 6. The Labute approximate surface area is 98.0 Å². The number of rotatable bonds is 5. The van der Waals surface area contributed by atoms with Crippen LogP contribution in [0.1, 0.15) is 13.8 Å². The minimum Gasteiger partial charge on any atom is -0.464 e. The summed E-state index contributed by atoms with van der Waals surface area (Å²) in [5.41, 5.74) is -0.0978. The van der Waals surface area contributed by atoms with Crippen molar-refractivity contribution in [1.29, 1.82) is 0 Å². The van der Waals surface area contributed by atoms with E-state index in [1.54, 1.807) is 13.8 Å². The van der Waals surface area contributed by atoms with Crippen LogP contribution < -0.4 is 5.32 Å². The van der Waals surface area contributed by atoms with Gasteiger partial charge in [-0.2, -0.15) is 0 Å². The van der Waals surface area contributed by atoms with Gasteiger partial charge in [0.15, 0.2) is 0 Å². The summed E-state index contributed by atoms with van der Waals surface area (Å²) in [5.74, 6) is -0.0104. The summed E-state index contributed by atoms with van der Waals surface area (Å²) in [7, 11) is 0. The minimum atomic E-state index is -0.552. The number of esters is 1. The fourth-order valence-corrected chi connectivity index (χ4v) is 1.13. The third-order valence-electron chi connectivity index (χ3n) is 1.96. The second kappa shape index (κ2) is 5.78. The average Bonchev–Trinajstić information content (AvgIpc) is 2.30. The molecular formula is C10H13N3O4. The lowest BCUT2D eigenvalue weighted by molar-refractivity contribution is -0.385. The van der Waals surface area contributed by atoms with Crippen molar-refractivity contribution in [2.75, 3.05) is 11.9 Å². The molecule has 0 bridgehead atoms. The van der Waals surface area contributed by atoms with Gasteiger partial charge in [0.05, 0.1) is 11.5 Å². The van der Waals surface area contributed by atoms with Crippen molar-refractivity contribution in [1.82, 2.24) is 4.98 Å². The summed E-state index contributed by atoms with van der Waals surface area (Å²) >= 11 is 0. The Morgan fingerprint density at radius 1 is 1.65 bits per heavy atom. The van der Waals surface area contributed by atoms with Crippen molar-refractivity contribution >= 4 is 17.5 Å². The van der Waals surface area contributed by atoms with E-state index in [1.165, 1.54) is 12.1 Å². The summed E-state index contributed by atoms with van der Waals surface area (Å²) in [6.07, 6.45) is 1.13. The number of nitrogens with zero attached hydrogens (tertiary/aromatic N) is 2. The van der Waals surface area contributed by atoms with E-state index in [9.17, 15) is 14.9 Å². The summed E-state index contributed by atoms with van der Waals surface area (Å²) < 4.78 is 4.80. The van der Waals surface area contributed by atoms with E-state index in [2.05, 4.69) is 10.3 Å². The van der Waals surface area contributed by atoms with Crippen LogP contribution in [0.2, 0.25) is 0 Å². The maximum absolute atomic E-state index is 11.3. The molecule has 0 aliphatic heterocycles. The molecular weight excluding hydrogens is 226 g/mol. The maximum atomic E-state index is 11.3. The number of carbonyl (C=O) groups is 1. The summed E-state index contributed by atoms with van der Waals surface area (Å²) in [6.45, 7) is 3.65. The number of anilines is 1. The van der Waals surface area contributed by atoms with Gasteiger partial charge < -0.3 is 10.1 Å². The van der Waals surface area contributed by atoms with Gasteiger partial charge in [-0.15, -0.1) is 0 Å². The molecule has 0 aromatic carbocycles. The molecule has 0 amide bonds. The van der Waals surface area contributed by atoms with Crippen LogP contribution in [0.3, 0.4) is 0 Å². The molecule has 1 unspecified atom stereocenters. The van der Waals surface area contributed by atoms with E-state index >= 15 is 0 Å². The van der Waals surface area contributed by atoms with Gasteiger partial charge in [0, 0.05) is 6.07 Å². The van der Waals surface area contributed by atoms with Gasteiger partial charge in [0.1, 0.15) is 18.1 Å². The maximum Gasteiger partial charge on any atom is 0.328 e. The average molecular weight is 239 g/mol. The first-order valence-corrected chi connectivity index (χ1v) is 5.08. The summed E-state index contributed by atoms with van der Waals surface area (Å²) in [6, 6.07) is 2.20. The highest BCUT2D eigenvalue weighted by Crippen LogP contribution is 2.12. The van der Waals surface area contributed by atoms with Crippen LogP contribution >= 0.6 is 0 Å². The highest BCUT2D eigenvalue weighted by molar-refractivity contribution is 5.78. The third kappa shape index (κ3) is 3.71. The van der Waals surface area contributed by atoms with Crippen molar-refractivity contribution < 1.29 is 14.5 Å². The van der Waals surface area contributed by atoms with Gasteiger partial charge in [-0.25, -0.2) is 9.78 Å². The topological polar surface area (TPSA) is 94.4 Å². The van der Waals surface area contributed by atoms with E-state index < -0.39 is 16.9 Å². The van der Waals surface area contributed by atoms with Gasteiger partial charge in [0.2, 0.25) is 0 Å². The predicted molar refractivity (Wildman–Crippen MR) is 60.6 cm³/mol. The minimum absolute atomic E-state index is 0.0978. The molecule has 0 saturated heterocycles. The second-order valence-corrected chi connectivity index (χ2v) is 3.28. The van der Waals surface area contributed by atoms with Crippen LogP contribution in [0.4, 0.5) is 11.5 Å². The molecule has 1 atom stereocenters. The second-order valence-electron chi connectivity index (χ2n) is 3.28. The number of ether oxygens (including phenoxy) is 1. The molecule has 1 rings (SSSR count). The number of nitro groups is 1. The van der Waals surface area contributed by atoms with Crippen LogP contribution in [0.25, 0.3) is 0 Å². The zero-order chi connectivity index (χ0) is 12.8. The first-order valence-electron chi connectivity index (χ1n) is 5.08. The van der Waals surface area contributed by atoms with Crippen molar-refractivity contribution in [3.05, 3.63) is 28.4 Å². The van der Waals surface area contributed by atoms with Crippen LogP contribution in [-0.4, -0.2) is 28.5 Å². The zero-order valence-electron chi connectivity index (χ0n) is 9.54. The highest BCUT2D eigenvalue weighted by atomic mass is 16.6. The number of aromatic nitrogens is 1. The van der Waals surface area contributed by atoms with Crippen LogP contribution in [0.15, 0.2) is 18.3 Å². The van der Waals surface area contributed by atoms with Crippen molar-refractivity contribution in [3.8, 4) is 0 Å². The summed E-state index contributed by atoms with van der Waals surface area (Å²) in [5, 5.41) is 13.2. The van der Waals surface area contributed by atoms with Gasteiger partial charge in [0.25, 0.3) is 5.69 Å². The lowest BCUT2D eigenvalue weighted by atomic mass is 10.3. The van der Waals surface area contributed by atoms with Gasteiger partial charge in [-0.3, -0.25) is 10.1 Å². The Balaban J connectivity index is 2.63. The monoisotopic (exact) mass is 239 g/mol. The molecule has 0 aliphatic carbocycles. The Morgan fingerprint density at radius 2 is 2.35 bits per heavy atom. The lowest BCUT2D eigenvalue weighted by Gasteiger charge is -2.12. The number of hydrogen-bond donors (Lipinski definition) is 1. The highest BCUT2D eigenvalue weighted by Gasteiger charge is 2.14. The number of pyridine rings is 1. The number of nitrogens with one attached hydrogen (secondary N) is 1. The molecule has 7 heteroatoms. The largest absolute Gasteiger partial charge is 0.464 e. The summed E-state index contributed by atoms with van der Waals surface area (Å²) in [4.78, 5) is 25.0. The van der Waals surface area contributed by atoms with E-state index in [0.29, 0.717) is 12.4 Å². The molecule has 17 heavy (non-hydrogen) atoms. The quantitative estimate of drug-likeness (QED) is 0.473. The lowest BCUT2D eigenvalue weighted by Crippen LogP contribution is -2.28. The van der Waals surface area contributed by atoms with E-state index in [-0.39, 0.29) is 5.69 Å². The molecule has 1 aromatic heterocycles. The predicted octanol–water partition coefficient (Wildman–Crippen LogP) is 1.35. The molecule has 92 valence electrons.